The Hall–Kier alpha value is -2.11. The number of carbonyl (C=O) groups excluding carboxylic acids is 1. The third-order valence-corrected chi connectivity index (χ3v) is 3.15. The van der Waals surface area contributed by atoms with Crippen molar-refractivity contribution in [3.05, 3.63) is 70.2 Å². The van der Waals surface area contributed by atoms with Crippen molar-refractivity contribution in [2.24, 2.45) is 0 Å². The number of rotatable bonds is 3. The Morgan fingerprint density at radius 3 is 2.47 bits per heavy atom. The lowest BCUT2D eigenvalue weighted by Gasteiger charge is -2.09. The van der Waals surface area contributed by atoms with E-state index in [2.05, 4.69) is 6.07 Å². The zero-order chi connectivity index (χ0) is 13.8. The first kappa shape index (κ1) is 13.3. The number of hydrogen-bond acceptors (Lipinski definition) is 2. The number of halogens is 1. The predicted octanol–water partition coefficient (Wildman–Crippen LogP) is 4.14. The molecule has 0 fully saturated rings. The van der Waals surface area contributed by atoms with Crippen LogP contribution in [0.15, 0.2) is 48.5 Å². The molecule has 2 aromatic rings. The van der Waals surface area contributed by atoms with Crippen LogP contribution in [0.4, 0.5) is 0 Å². The number of nitrogens with zero attached hydrogens (tertiary/aromatic N) is 1. The predicted molar refractivity (Wildman–Crippen MR) is 75.3 cm³/mol. The van der Waals surface area contributed by atoms with Crippen LogP contribution in [0.5, 0.6) is 0 Å². The fourth-order valence-corrected chi connectivity index (χ4v) is 2.03. The van der Waals surface area contributed by atoms with Crippen molar-refractivity contribution < 1.29 is 4.79 Å². The first-order valence-electron chi connectivity index (χ1n) is 5.88. The van der Waals surface area contributed by atoms with Gasteiger partial charge in [0, 0.05) is 10.6 Å². The van der Waals surface area contributed by atoms with Gasteiger partial charge in [0.25, 0.3) is 0 Å². The standard InChI is InChI=1S/C16H12ClNO/c1-11-3-2-4-13(9-11)16(19)15(10-18)12-5-7-14(17)8-6-12/h2-9,15H,1H3. The molecule has 2 nitrogen and oxygen atoms in total. The number of nitriles is 1. The Kier molecular flexibility index (Phi) is 3.99. The second-order valence-corrected chi connectivity index (χ2v) is 4.78. The number of hydrogen-bond donors (Lipinski definition) is 0. The fourth-order valence-electron chi connectivity index (χ4n) is 1.90. The molecule has 0 saturated carbocycles. The first-order chi connectivity index (χ1) is 9.11. The van der Waals surface area contributed by atoms with Crippen LogP contribution in [-0.4, -0.2) is 5.78 Å². The second-order valence-electron chi connectivity index (χ2n) is 4.35. The molecule has 0 aliphatic carbocycles. The van der Waals surface area contributed by atoms with E-state index in [0.29, 0.717) is 16.1 Å². The maximum absolute atomic E-state index is 12.4. The molecule has 0 heterocycles. The quantitative estimate of drug-likeness (QED) is 0.786. The molecule has 1 atom stereocenters. The summed E-state index contributed by atoms with van der Waals surface area (Å²) in [5.41, 5.74) is 2.22. The molecule has 0 saturated heterocycles. The molecule has 2 aromatic carbocycles. The van der Waals surface area contributed by atoms with Crippen molar-refractivity contribution in [2.45, 2.75) is 12.8 Å². The van der Waals surface area contributed by atoms with Gasteiger partial charge in [-0.1, -0.05) is 47.5 Å². The van der Waals surface area contributed by atoms with Crippen LogP contribution in [0.25, 0.3) is 0 Å². The zero-order valence-corrected chi connectivity index (χ0v) is 11.2. The van der Waals surface area contributed by atoms with E-state index in [0.717, 1.165) is 5.56 Å². The van der Waals surface area contributed by atoms with E-state index in [4.69, 9.17) is 11.6 Å². The SMILES string of the molecule is Cc1cccc(C(=O)C(C#N)c2ccc(Cl)cc2)c1. The highest BCUT2D eigenvalue weighted by Gasteiger charge is 2.21. The van der Waals surface area contributed by atoms with E-state index in [1.165, 1.54) is 0 Å². The van der Waals surface area contributed by atoms with Gasteiger partial charge in [0.2, 0.25) is 0 Å². The van der Waals surface area contributed by atoms with Crippen LogP contribution in [0, 0.1) is 18.3 Å². The maximum Gasteiger partial charge on any atom is 0.184 e. The summed E-state index contributed by atoms with van der Waals surface area (Å²) in [6.45, 7) is 1.92. The lowest BCUT2D eigenvalue weighted by atomic mass is 9.91. The van der Waals surface area contributed by atoms with Gasteiger partial charge in [0.1, 0.15) is 5.92 Å². The van der Waals surface area contributed by atoms with Gasteiger partial charge in [-0.3, -0.25) is 4.79 Å². The minimum absolute atomic E-state index is 0.187. The van der Waals surface area contributed by atoms with Crippen molar-refractivity contribution >= 4 is 17.4 Å². The van der Waals surface area contributed by atoms with Gasteiger partial charge < -0.3 is 0 Å². The largest absolute Gasteiger partial charge is 0.292 e. The monoisotopic (exact) mass is 269 g/mol. The van der Waals surface area contributed by atoms with Crippen LogP contribution < -0.4 is 0 Å². The summed E-state index contributed by atoms with van der Waals surface area (Å²) in [6, 6.07) is 16.1. The topological polar surface area (TPSA) is 40.9 Å². The summed E-state index contributed by atoms with van der Waals surface area (Å²) < 4.78 is 0. The smallest absolute Gasteiger partial charge is 0.184 e. The van der Waals surface area contributed by atoms with Crippen molar-refractivity contribution in [1.82, 2.24) is 0 Å². The molecule has 0 aliphatic heterocycles. The Morgan fingerprint density at radius 1 is 1.21 bits per heavy atom. The minimum atomic E-state index is -0.793. The van der Waals surface area contributed by atoms with Crippen molar-refractivity contribution in [2.75, 3.05) is 0 Å². The first-order valence-corrected chi connectivity index (χ1v) is 6.25. The highest BCUT2D eigenvalue weighted by Crippen LogP contribution is 2.22. The number of carbonyl (C=O) groups is 1. The number of aryl methyl sites for hydroxylation is 1. The van der Waals surface area contributed by atoms with E-state index in [-0.39, 0.29) is 5.78 Å². The molecule has 0 spiro atoms. The molecule has 0 aliphatic rings. The Bertz CT molecular complexity index is 641. The third kappa shape index (κ3) is 3.01. The van der Waals surface area contributed by atoms with Crippen LogP contribution >= 0.6 is 11.6 Å². The molecular weight excluding hydrogens is 258 g/mol. The summed E-state index contributed by atoms with van der Waals surface area (Å²) >= 11 is 5.81. The number of Topliss-reactive ketones (excluding diaryl/α,β-unsaturated/α-hetero) is 1. The van der Waals surface area contributed by atoms with E-state index in [9.17, 15) is 10.1 Å². The molecule has 2 rings (SSSR count). The molecule has 0 amide bonds. The van der Waals surface area contributed by atoms with Gasteiger partial charge in [0.15, 0.2) is 5.78 Å². The molecular formula is C16H12ClNO. The van der Waals surface area contributed by atoms with E-state index in [1.807, 2.05) is 19.1 Å². The van der Waals surface area contributed by atoms with E-state index in [1.54, 1.807) is 36.4 Å². The summed E-state index contributed by atoms with van der Waals surface area (Å²) in [5.74, 6) is -0.979. The summed E-state index contributed by atoms with van der Waals surface area (Å²) in [4.78, 5) is 12.4. The van der Waals surface area contributed by atoms with Gasteiger partial charge in [-0.25, -0.2) is 0 Å². The molecule has 0 aromatic heterocycles. The van der Waals surface area contributed by atoms with Gasteiger partial charge in [-0.05, 0) is 30.7 Å². The van der Waals surface area contributed by atoms with Crippen LogP contribution in [0.2, 0.25) is 5.02 Å². The Morgan fingerprint density at radius 2 is 1.89 bits per heavy atom. The Labute approximate surface area is 117 Å². The lowest BCUT2D eigenvalue weighted by Crippen LogP contribution is -2.11. The van der Waals surface area contributed by atoms with Crippen LogP contribution in [0.3, 0.4) is 0 Å². The van der Waals surface area contributed by atoms with E-state index >= 15 is 0 Å². The average molecular weight is 270 g/mol. The second kappa shape index (κ2) is 5.69. The van der Waals surface area contributed by atoms with Crippen molar-refractivity contribution in [1.29, 1.82) is 5.26 Å². The molecule has 19 heavy (non-hydrogen) atoms. The third-order valence-electron chi connectivity index (χ3n) is 2.90. The summed E-state index contributed by atoms with van der Waals surface area (Å²) in [7, 11) is 0. The van der Waals surface area contributed by atoms with Crippen molar-refractivity contribution in [3.8, 4) is 6.07 Å². The fraction of sp³-hybridized carbons (Fsp3) is 0.125. The number of ketones is 1. The molecule has 3 heteroatoms. The highest BCUT2D eigenvalue weighted by molar-refractivity contribution is 6.30. The molecule has 0 radical (unpaired) electrons. The summed E-state index contributed by atoms with van der Waals surface area (Å²) in [6.07, 6.45) is 0. The number of benzene rings is 2. The molecule has 0 N–H and O–H groups in total. The highest BCUT2D eigenvalue weighted by atomic mass is 35.5. The zero-order valence-electron chi connectivity index (χ0n) is 10.4. The van der Waals surface area contributed by atoms with Gasteiger partial charge >= 0.3 is 0 Å². The normalized spacial score (nSPS) is 11.6. The van der Waals surface area contributed by atoms with Gasteiger partial charge in [0.05, 0.1) is 6.07 Å². The molecule has 94 valence electrons. The molecule has 0 bridgehead atoms. The molecule has 1 unspecified atom stereocenters. The minimum Gasteiger partial charge on any atom is -0.292 e. The summed E-state index contributed by atoms with van der Waals surface area (Å²) in [5, 5.41) is 9.83. The van der Waals surface area contributed by atoms with Gasteiger partial charge in [-0.2, -0.15) is 5.26 Å². The lowest BCUT2D eigenvalue weighted by molar-refractivity contribution is 0.0979. The van der Waals surface area contributed by atoms with Crippen molar-refractivity contribution in [3.63, 3.8) is 0 Å². The maximum atomic E-state index is 12.4. The van der Waals surface area contributed by atoms with Gasteiger partial charge in [-0.15, -0.1) is 0 Å². The average Bonchev–Trinajstić information content (AvgIpc) is 2.41. The Balaban J connectivity index is 2.35. The van der Waals surface area contributed by atoms with Crippen LogP contribution in [-0.2, 0) is 0 Å². The van der Waals surface area contributed by atoms with E-state index < -0.39 is 5.92 Å². The van der Waals surface area contributed by atoms with Crippen LogP contribution in [0.1, 0.15) is 27.4 Å².